The molecule has 2 aliphatic heterocycles. The summed E-state index contributed by atoms with van der Waals surface area (Å²) in [5.74, 6) is -2.49. The first-order chi connectivity index (χ1) is 14.0. The van der Waals surface area contributed by atoms with E-state index in [1.54, 1.807) is 4.90 Å². The molecule has 0 atom stereocenters. The Balaban J connectivity index is 1.67. The molecule has 1 amide bonds. The number of rotatable bonds is 3. The van der Waals surface area contributed by atoms with E-state index in [1.807, 2.05) is 18.2 Å². The molecular weight excluding hydrogens is 370 g/mol. The van der Waals surface area contributed by atoms with E-state index in [0.717, 1.165) is 50.5 Å². The second-order valence-electron chi connectivity index (χ2n) is 8.13. The van der Waals surface area contributed by atoms with Crippen LogP contribution in [0.25, 0.3) is 0 Å². The molecule has 2 heterocycles. The van der Waals surface area contributed by atoms with Crippen LogP contribution in [0.15, 0.2) is 66.3 Å². The molecule has 1 aromatic carbocycles. The van der Waals surface area contributed by atoms with Crippen LogP contribution in [-0.2, 0) is 0 Å². The van der Waals surface area contributed by atoms with E-state index in [4.69, 9.17) is 0 Å². The molecule has 1 aromatic rings. The molecular formula is C24H26F2N2O. The molecule has 3 nitrogen and oxygen atoms in total. The Morgan fingerprint density at radius 1 is 1.21 bits per heavy atom. The largest absolute Gasteiger partial charge is 0.333 e. The van der Waals surface area contributed by atoms with Gasteiger partial charge in [0.2, 0.25) is 0 Å². The molecule has 1 aliphatic carbocycles. The maximum Gasteiger partial charge on any atom is 0.257 e. The fourth-order valence-corrected chi connectivity index (χ4v) is 4.88. The van der Waals surface area contributed by atoms with E-state index in [9.17, 15) is 13.6 Å². The molecule has 1 fully saturated rings. The van der Waals surface area contributed by atoms with Gasteiger partial charge >= 0.3 is 0 Å². The summed E-state index contributed by atoms with van der Waals surface area (Å²) >= 11 is 0. The number of benzene rings is 1. The summed E-state index contributed by atoms with van der Waals surface area (Å²) in [6.45, 7) is 7.54. The quantitative estimate of drug-likeness (QED) is 0.703. The Labute approximate surface area is 170 Å². The zero-order valence-corrected chi connectivity index (χ0v) is 16.5. The zero-order valence-electron chi connectivity index (χ0n) is 16.5. The Morgan fingerprint density at radius 3 is 2.76 bits per heavy atom. The van der Waals surface area contributed by atoms with Crippen molar-refractivity contribution in [3.8, 4) is 0 Å². The minimum atomic E-state index is -1.06. The maximum atomic E-state index is 14.3. The van der Waals surface area contributed by atoms with Crippen molar-refractivity contribution in [1.82, 2.24) is 9.80 Å². The van der Waals surface area contributed by atoms with Crippen LogP contribution in [0.3, 0.4) is 0 Å². The molecule has 0 radical (unpaired) electrons. The molecule has 0 bridgehead atoms. The number of hydrogen-bond donors (Lipinski definition) is 0. The number of allylic oxidation sites excluding steroid dienone is 3. The molecule has 152 valence electrons. The third kappa shape index (κ3) is 3.71. The van der Waals surface area contributed by atoms with Crippen molar-refractivity contribution in [2.45, 2.75) is 19.3 Å². The minimum absolute atomic E-state index is 0.121. The third-order valence-corrected chi connectivity index (χ3v) is 6.42. The predicted octanol–water partition coefficient (Wildman–Crippen LogP) is 4.50. The monoisotopic (exact) mass is 396 g/mol. The van der Waals surface area contributed by atoms with Crippen molar-refractivity contribution in [2.75, 3.05) is 32.7 Å². The number of likely N-dealkylation sites (tertiary alicyclic amines) is 1. The molecule has 1 saturated heterocycles. The summed E-state index contributed by atoms with van der Waals surface area (Å²) in [4.78, 5) is 17.2. The molecule has 0 N–H and O–H groups in total. The number of piperidine rings is 1. The molecule has 0 saturated carbocycles. The fraction of sp³-hybridized carbons (Fsp3) is 0.375. The highest BCUT2D eigenvalue weighted by atomic mass is 19.2. The predicted molar refractivity (Wildman–Crippen MR) is 110 cm³/mol. The lowest BCUT2D eigenvalue weighted by molar-refractivity contribution is 0.0546. The molecule has 5 heteroatoms. The number of halogens is 2. The number of fused-ring (bicyclic) bond motifs is 1. The van der Waals surface area contributed by atoms with Crippen LogP contribution in [0.1, 0.15) is 29.6 Å². The molecule has 4 rings (SSSR count). The number of amides is 1. The summed E-state index contributed by atoms with van der Waals surface area (Å²) in [7, 11) is 0. The lowest BCUT2D eigenvalue weighted by Gasteiger charge is -2.49. The number of nitrogens with zero attached hydrogens (tertiary/aromatic N) is 2. The highest BCUT2D eigenvalue weighted by molar-refractivity contribution is 5.95. The highest BCUT2D eigenvalue weighted by Crippen LogP contribution is 2.46. The molecule has 1 spiro atoms. The summed E-state index contributed by atoms with van der Waals surface area (Å²) in [5.41, 5.74) is 2.21. The van der Waals surface area contributed by atoms with Crippen LogP contribution in [-0.4, -0.2) is 48.4 Å². The molecule has 3 aliphatic rings. The van der Waals surface area contributed by atoms with E-state index in [0.29, 0.717) is 13.1 Å². The smallest absolute Gasteiger partial charge is 0.257 e. The van der Waals surface area contributed by atoms with Crippen molar-refractivity contribution in [1.29, 1.82) is 0 Å². The number of carbonyl (C=O) groups excluding carboxylic acids is 1. The van der Waals surface area contributed by atoms with Crippen LogP contribution in [0.5, 0.6) is 0 Å². The Kier molecular flexibility index (Phi) is 5.50. The van der Waals surface area contributed by atoms with E-state index >= 15 is 0 Å². The van der Waals surface area contributed by atoms with E-state index < -0.39 is 17.5 Å². The first kappa shape index (κ1) is 19.8. The van der Waals surface area contributed by atoms with Gasteiger partial charge in [0.15, 0.2) is 11.6 Å². The van der Waals surface area contributed by atoms with Crippen molar-refractivity contribution >= 4 is 5.91 Å². The molecule has 0 unspecified atom stereocenters. The zero-order chi connectivity index (χ0) is 20.4. The summed E-state index contributed by atoms with van der Waals surface area (Å²) in [6, 6.07) is 3.80. The van der Waals surface area contributed by atoms with Gasteiger partial charge in [-0.1, -0.05) is 42.0 Å². The molecule has 29 heavy (non-hydrogen) atoms. The highest BCUT2D eigenvalue weighted by Gasteiger charge is 2.44. The van der Waals surface area contributed by atoms with Crippen molar-refractivity contribution in [3.63, 3.8) is 0 Å². The Hall–Kier alpha value is -2.53. The second kappa shape index (κ2) is 8.07. The van der Waals surface area contributed by atoms with Gasteiger partial charge in [-0.05, 0) is 50.1 Å². The number of carbonyl (C=O) groups is 1. The number of hydrogen-bond acceptors (Lipinski definition) is 2. The van der Waals surface area contributed by atoms with Gasteiger partial charge in [0.1, 0.15) is 0 Å². The van der Waals surface area contributed by atoms with Gasteiger partial charge in [-0.2, -0.15) is 0 Å². The van der Waals surface area contributed by atoms with Crippen LogP contribution in [0.2, 0.25) is 0 Å². The average Bonchev–Trinajstić information content (AvgIpc) is 2.98. The third-order valence-electron chi connectivity index (χ3n) is 6.42. The molecule has 0 aromatic heterocycles. The topological polar surface area (TPSA) is 23.6 Å². The SMILES string of the molecule is C=CCN1CCC2(CC1)CN(C(=O)c1cccc(F)c1F)CC1=C2CC=CC=C1. The van der Waals surface area contributed by atoms with E-state index in [1.165, 1.54) is 17.7 Å². The van der Waals surface area contributed by atoms with Gasteiger partial charge < -0.3 is 4.90 Å². The normalized spacial score (nSPS) is 21.2. The van der Waals surface area contributed by atoms with Crippen LogP contribution in [0, 0.1) is 17.0 Å². The van der Waals surface area contributed by atoms with E-state index in [2.05, 4.69) is 23.6 Å². The first-order valence-electron chi connectivity index (χ1n) is 10.2. The van der Waals surface area contributed by atoms with Gasteiger partial charge in [-0.15, -0.1) is 6.58 Å². The summed E-state index contributed by atoms with van der Waals surface area (Å²) in [5, 5.41) is 0. The van der Waals surface area contributed by atoms with Crippen molar-refractivity contribution in [2.24, 2.45) is 5.41 Å². The Bertz CT molecular complexity index is 907. The first-order valence-corrected chi connectivity index (χ1v) is 10.2. The fourth-order valence-electron chi connectivity index (χ4n) is 4.88. The van der Waals surface area contributed by atoms with Crippen LogP contribution in [0.4, 0.5) is 8.78 Å². The minimum Gasteiger partial charge on any atom is -0.333 e. The van der Waals surface area contributed by atoms with Gasteiger partial charge in [0, 0.05) is 25.0 Å². The lowest BCUT2D eigenvalue weighted by atomic mass is 9.67. The Morgan fingerprint density at radius 2 is 2.00 bits per heavy atom. The van der Waals surface area contributed by atoms with Gasteiger partial charge in [-0.25, -0.2) is 8.78 Å². The van der Waals surface area contributed by atoms with Gasteiger partial charge in [0.05, 0.1) is 5.56 Å². The van der Waals surface area contributed by atoms with E-state index in [-0.39, 0.29) is 11.0 Å². The van der Waals surface area contributed by atoms with Gasteiger partial charge in [0.25, 0.3) is 5.91 Å². The second-order valence-corrected chi connectivity index (χ2v) is 8.13. The van der Waals surface area contributed by atoms with Crippen LogP contribution < -0.4 is 0 Å². The maximum absolute atomic E-state index is 14.3. The van der Waals surface area contributed by atoms with Crippen molar-refractivity contribution < 1.29 is 13.6 Å². The average molecular weight is 396 g/mol. The van der Waals surface area contributed by atoms with Gasteiger partial charge in [-0.3, -0.25) is 9.69 Å². The lowest BCUT2D eigenvalue weighted by Crippen LogP contribution is -2.52. The van der Waals surface area contributed by atoms with Crippen LogP contribution >= 0.6 is 0 Å². The summed E-state index contributed by atoms with van der Waals surface area (Å²) < 4.78 is 28.0. The summed E-state index contributed by atoms with van der Waals surface area (Å²) in [6.07, 6.45) is 13.0. The standard InChI is InChI=1S/C24H26F2N2O/c1-2-13-27-14-11-24(12-15-27)17-28(16-18-7-4-3-5-9-20(18)24)23(29)19-8-6-10-21(25)22(19)26/h2-8,10H,1,9,11-17H2. The van der Waals surface area contributed by atoms with Crippen molar-refractivity contribution in [3.05, 3.63) is 83.5 Å².